The van der Waals surface area contributed by atoms with Gasteiger partial charge in [0.05, 0.1) is 25.8 Å². The third-order valence-corrected chi connectivity index (χ3v) is 6.00. The van der Waals surface area contributed by atoms with E-state index in [-0.39, 0.29) is 6.29 Å². The molecule has 3 aromatic rings. The van der Waals surface area contributed by atoms with Gasteiger partial charge in [-0.15, -0.1) is 0 Å². The number of ether oxygens (including phenoxy) is 5. The Morgan fingerprint density at radius 2 is 1.81 bits per heavy atom. The highest BCUT2D eigenvalue weighted by Gasteiger charge is 2.23. The molecule has 0 saturated carbocycles. The fourth-order valence-electron chi connectivity index (χ4n) is 4.18. The number of fused-ring (bicyclic) bond motifs is 2. The number of benzene rings is 2. The number of rotatable bonds is 7. The van der Waals surface area contributed by atoms with Crippen LogP contribution in [0.5, 0.6) is 17.2 Å². The number of hydrogen-bond acceptors (Lipinski definition) is 6. The van der Waals surface area contributed by atoms with E-state index >= 15 is 0 Å². The molecule has 0 N–H and O–H groups in total. The number of hydrogen-bond donors (Lipinski definition) is 0. The van der Waals surface area contributed by atoms with Crippen LogP contribution in [0.1, 0.15) is 24.0 Å². The van der Waals surface area contributed by atoms with Crippen LogP contribution in [0.3, 0.4) is 0 Å². The number of nitrogens with zero attached hydrogens (tertiary/aromatic N) is 1. The van der Waals surface area contributed by atoms with Crippen molar-refractivity contribution in [2.24, 2.45) is 5.92 Å². The summed E-state index contributed by atoms with van der Waals surface area (Å²) in [6.07, 6.45) is 5.41. The van der Waals surface area contributed by atoms with Crippen LogP contribution in [0.4, 0.5) is 0 Å². The van der Waals surface area contributed by atoms with Gasteiger partial charge in [0.2, 0.25) is 6.79 Å². The second-order valence-electron chi connectivity index (χ2n) is 8.08. The van der Waals surface area contributed by atoms with Crippen molar-refractivity contribution in [3.05, 3.63) is 59.8 Å². The van der Waals surface area contributed by atoms with Crippen LogP contribution in [0.15, 0.2) is 48.7 Å². The lowest BCUT2D eigenvalue weighted by Gasteiger charge is -2.29. The van der Waals surface area contributed by atoms with Crippen molar-refractivity contribution >= 4 is 10.9 Å². The van der Waals surface area contributed by atoms with E-state index in [1.807, 2.05) is 30.5 Å². The minimum atomic E-state index is -0.157. The normalized spacial score (nSPS) is 20.2. The summed E-state index contributed by atoms with van der Waals surface area (Å²) in [4.78, 5) is 4.45. The molecule has 5 rings (SSSR count). The Kier molecular flexibility index (Phi) is 5.91. The number of pyridine rings is 1. The molecule has 0 aliphatic carbocycles. The van der Waals surface area contributed by atoms with Crippen molar-refractivity contribution in [1.29, 1.82) is 0 Å². The molecule has 1 saturated heterocycles. The molecule has 2 aromatic carbocycles. The van der Waals surface area contributed by atoms with Gasteiger partial charge in [0.25, 0.3) is 0 Å². The highest BCUT2D eigenvalue weighted by atomic mass is 16.7. The molecule has 6 heteroatoms. The molecular weight excluding hydrogens is 394 g/mol. The first-order valence-electron chi connectivity index (χ1n) is 10.8. The first-order valence-corrected chi connectivity index (χ1v) is 10.8. The lowest BCUT2D eigenvalue weighted by Crippen LogP contribution is -2.32. The van der Waals surface area contributed by atoms with Crippen LogP contribution in [-0.4, -0.2) is 38.4 Å². The average Bonchev–Trinajstić information content (AvgIpc) is 3.29. The van der Waals surface area contributed by atoms with Crippen LogP contribution >= 0.6 is 0 Å². The van der Waals surface area contributed by atoms with E-state index in [4.69, 9.17) is 23.7 Å². The van der Waals surface area contributed by atoms with Crippen molar-refractivity contribution in [2.45, 2.75) is 32.0 Å². The molecule has 0 radical (unpaired) electrons. The Hall–Kier alpha value is -2.83. The zero-order valence-electron chi connectivity index (χ0n) is 17.7. The molecule has 2 aliphatic heterocycles. The summed E-state index contributed by atoms with van der Waals surface area (Å²) < 4.78 is 28.3. The maximum Gasteiger partial charge on any atom is 0.231 e. The summed E-state index contributed by atoms with van der Waals surface area (Å²) in [6.45, 7) is 1.79. The zero-order chi connectivity index (χ0) is 21.0. The monoisotopic (exact) mass is 421 g/mol. The van der Waals surface area contributed by atoms with Crippen molar-refractivity contribution in [3.8, 4) is 17.2 Å². The standard InChI is InChI=1S/C25H27NO5/c1-27-20-6-7-22-21(13-20)19(10-11-26-22)5-9-25-28-14-18(15-29-25)3-2-17-4-8-23-24(12-17)31-16-30-23/h4,6-8,10-13,18,25H,2-3,5,9,14-16H2,1H3. The van der Waals surface area contributed by atoms with E-state index in [9.17, 15) is 0 Å². The van der Waals surface area contributed by atoms with Gasteiger partial charge in [-0.3, -0.25) is 4.98 Å². The lowest BCUT2D eigenvalue weighted by atomic mass is 9.99. The number of aromatic nitrogens is 1. The van der Waals surface area contributed by atoms with E-state index in [1.165, 1.54) is 11.1 Å². The third kappa shape index (κ3) is 4.60. The predicted octanol–water partition coefficient (Wildman–Crippen LogP) is 4.53. The highest BCUT2D eigenvalue weighted by Crippen LogP contribution is 2.33. The fraction of sp³-hybridized carbons (Fsp3) is 0.400. The maximum absolute atomic E-state index is 6.02. The summed E-state index contributed by atoms with van der Waals surface area (Å²) in [5.74, 6) is 2.93. The number of aryl methyl sites for hydroxylation is 2. The van der Waals surface area contributed by atoms with Crippen molar-refractivity contribution in [3.63, 3.8) is 0 Å². The topological polar surface area (TPSA) is 59.0 Å². The third-order valence-electron chi connectivity index (χ3n) is 6.00. The molecule has 0 bridgehead atoms. The van der Waals surface area contributed by atoms with Gasteiger partial charge in [-0.05, 0) is 66.8 Å². The van der Waals surface area contributed by atoms with Gasteiger partial charge in [-0.2, -0.15) is 0 Å². The second kappa shape index (κ2) is 9.12. The molecule has 0 amide bonds. The molecular formula is C25H27NO5. The van der Waals surface area contributed by atoms with Gasteiger partial charge < -0.3 is 23.7 Å². The maximum atomic E-state index is 6.02. The molecule has 31 heavy (non-hydrogen) atoms. The van der Waals surface area contributed by atoms with Crippen molar-refractivity contribution in [2.75, 3.05) is 27.1 Å². The predicted molar refractivity (Wildman–Crippen MR) is 117 cm³/mol. The van der Waals surface area contributed by atoms with Crippen molar-refractivity contribution in [1.82, 2.24) is 4.98 Å². The van der Waals surface area contributed by atoms with E-state index in [0.717, 1.165) is 67.0 Å². The molecule has 6 nitrogen and oxygen atoms in total. The number of methoxy groups -OCH3 is 1. The first kappa shape index (κ1) is 20.1. The van der Waals surface area contributed by atoms with E-state index < -0.39 is 0 Å². The Labute approximate surface area is 182 Å². The lowest BCUT2D eigenvalue weighted by molar-refractivity contribution is -0.203. The molecule has 3 heterocycles. The minimum absolute atomic E-state index is 0.157. The Bertz CT molecular complexity index is 1050. The van der Waals surface area contributed by atoms with Gasteiger partial charge >= 0.3 is 0 Å². The Balaban J connectivity index is 1.11. The molecule has 162 valence electrons. The minimum Gasteiger partial charge on any atom is -0.497 e. The quantitative estimate of drug-likeness (QED) is 0.559. The van der Waals surface area contributed by atoms with Crippen LogP contribution in [0, 0.1) is 5.92 Å². The molecule has 1 aromatic heterocycles. The second-order valence-corrected chi connectivity index (χ2v) is 8.08. The summed E-state index contributed by atoms with van der Waals surface area (Å²) >= 11 is 0. The van der Waals surface area contributed by atoms with Gasteiger partial charge in [0.15, 0.2) is 17.8 Å². The van der Waals surface area contributed by atoms with E-state index in [0.29, 0.717) is 12.7 Å². The largest absolute Gasteiger partial charge is 0.497 e. The molecule has 2 aliphatic rings. The van der Waals surface area contributed by atoms with Crippen LogP contribution in [0.25, 0.3) is 10.9 Å². The first-order chi connectivity index (χ1) is 15.3. The van der Waals surface area contributed by atoms with Gasteiger partial charge in [-0.25, -0.2) is 0 Å². The summed E-state index contributed by atoms with van der Waals surface area (Å²) in [5, 5.41) is 1.12. The summed E-state index contributed by atoms with van der Waals surface area (Å²) in [7, 11) is 1.68. The molecule has 0 unspecified atom stereocenters. The van der Waals surface area contributed by atoms with Gasteiger partial charge in [0.1, 0.15) is 5.75 Å². The van der Waals surface area contributed by atoms with Gasteiger partial charge in [-0.1, -0.05) is 6.07 Å². The molecule has 1 fully saturated rings. The fourth-order valence-corrected chi connectivity index (χ4v) is 4.18. The zero-order valence-corrected chi connectivity index (χ0v) is 17.7. The van der Waals surface area contributed by atoms with Gasteiger partial charge in [0, 0.05) is 23.9 Å². The SMILES string of the molecule is COc1ccc2nccc(CCC3OCC(CCc4ccc5c(c4)OCO5)CO3)c2c1. The van der Waals surface area contributed by atoms with Crippen molar-refractivity contribution < 1.29 is 23.7 Å². The van der Waals surface area contributed by atoms with Crippen LogP contribution < -0.4 is 14.2 Å². The van der Waals surface area contributed by atoms with Crippen LogP contribution in [-0.2, 0) is 22.3 Å². The average molecular weight is 421 g/mol. The van der Waals surface area contributed by atoms with E-state index in [1.54, 1.807) is 7.11 Å². The molecule has 0 spiro atoms. The van der Waals surface area contributed by atoms with E-state index in [2.05, 4.69) is 23.2 Å². The smallest absolute Gasteiger partial charge is 0.231 e. The Morgan fingerprint density at radius 3 is 2.68 bits per heavy atom. The molecule has 0 atom stereocenters. The van der Waals surface area contributed by atoms with Crippen LogP contribution in [0.2, 0.25) is 0 Å². The highest BCUT2D eigenvalue weighted by molar-refractivity contribution is 5.83. The Morgan fingerprint density at radius 1 is 0.935 bits per heavy atom. The summed E-state index contributed by atoms with van der Waals surface area (Å²) in [5.41, 5.74) is 3.47. The summed E-state index contributed by atoms with van der Waals surface area (Å²) in [6, 6.07) is 14.2.